The minimum atomic E-state index is -0.875. The molecule has 2 heterocycles. The molecule has 0 bridgehead atoms. The summed E-state index contributed by atoms with van der Waals surface area (Å²) in [6.45, 7) is 2.45. The van der Waals surface area contributed by atoms with Crippen molar-refractivity contribution in [2.45, 2.75) is 25.6 Å². The van der Waals surface area contributed by atoms with E-state index in [0.29, 0.717) is 24.2 Å². The van der Waals surface area contributed by atoms with E-state index in [9.17, 15) is 15.0 Å². The van der Waals surface area contributed by atoms with Crippen LogP contribution in [0.4, 0.5) is 5.69 Å². The molecular formula is C15H18N2O4. The summed E-state index contributed by atoms with van der Waals surface area (Å²) < 4.78 is 5.06. The summed E-state index contributed by atoms with van der Waals surface area (Å²) in [6, 6.07) is 2.61. The van der Waals surface area contributed by atoms with E-state index in [1.54, 1.807) is 4.90 Å². The van der Waals surface area contributed by atoms with Gasteiger partial charge in [-0.25, -0.2) is 0 Å². The summed E-state index contributed by atoms with van der Waals surface area (Å²) in [5, 5.41) is 23.1. The third-order valence-corrected chi connectivity index (χ3v) is 4.13. The van der Waals surface area contributed by atoms with Crippen LogP contribution in [0.3, 0.4) is 0 Å². The molecule has 1 fully saturated rings. The number of nitrogens with zero attached hydrogens (tertiary/aromatic N) is 1. The van der Waals surface area contributed by atoms with Crippen molar-refractivity contribution in [2.24, 2.45) is 0 Å². The lowest BCUT2D eigenvalue weighted by Gasteiger charge is -2.24. The molecular weight excluding hydrogens is 272 g/mol. The minimum absolute atomic E-state index is 0.0695. The van der Waals surface area contributed by atoms with Gasteiger partial charge >= 0.3 is 0 Å². The number of methoxy groups -OCH3 is 1. The lowest BCUT2D eigenvalue weighted by molar-refractivity contribution is 0.0582. The molecule has 21 heavy (non-hydrogen) atoms. The van der Waals surface area contributed by atoms with Crippen molar-refractivity contribution < 1.29 is 19.7 Å². The van der Waals surface area contributed by atoms with Gasteiger partial charge in [-0.15, -0.1) is 0 Å². The van der Waals surface area contributed by atoms with Gasteiger partial charge < -0.3 is 25.2 Å². The number of ether oxygens (including phenoxy) is 1. The molecule has 2 aliphatic rings. The quantitative estimate of drug-likeness (QED) is 0.679. The van der Waals surface area contributed by atoms with E-state index in [1.807, 2.05) is 13.0 Å². The van der Waals surface area contributed by atoms with Crippen molar-refractivity contribution in [1.82, 2.24) is 4.90 Å². The molecule has 1 saturated heterocycles. The van der Waals surface area contributed by atoms with Crippen LogP contribution in [0.25, 0.3) is 0 Å². The van der Waals surface area contributed by atoms with Crippen molar-refractivity contribution in [3.05, 3.63) is 29.3 Å². The van der Waals surface area contributed by atoms with Crippen LogP contribution in [0, 0.1) is 0 Å². The molecule has 0 aliphatic carbocycles. The van der Waals surface area contributed by atoms with Gasteiger partial charge in [0.15, 0.2) is 11.5 Å². The first kappa shape index (κ1) is 13.8. The smallest absolute Gasteiger partial charge is 0.256 e. The molecule has 2 atom stereocenters. The Kier molecular flexibility index (Phi) is 3.25. The largest absolute Gasteiger partial charge is 0.504 e. The Morgan fingerprint density at radius 3 is 2.90 bits per heavy atom. The number of phenols is 1. The average molecular weight is 290 g/mol. The molecule has 1 amide bonds. The first-order chi connectivity index (χ1) is 10.0. The highest BCUT2D eigenvalue weighted by Gasteiger charge is 2.40. The molecule has 112 valence electrons. The highest BCUT2D eigenvalue weighted by molar-refractivity contribution is 6.02. The second-order valence-corrected chi connectivity index (χ2v) is 5.31. The molecule has 2 unspecified atom stereocenters. The van der Waals surface area contributed by atoms with Crippen molar-refractivity contribution in [3.63, 3.8) is 0 Å². The van der Waals surface area contributed by atoms with E-state index in [0.717, 1.165) is 5.57 Å². The number of nitrogens with one attached hydrogen (secondary N) is 1. The van der Waals surface area contributed by atoms with Crippen molar-refractivity contribution in [2.75, 3.05) is 19.0 Å². The number of hydrogen-bond acceptors (Lipinski definition) is 5. The Balaban J connectivity index is 2.08. The predicted octanol–water partition coefficient (Wildman–Crippen LogP) is 1.31. The number of aliphatic hydroxyl groups excluding tert-OH is 1. The summed E-state index contributed by atoms with van der Waals surface area (Å²) in [5.41, 5.74) is 1.94. The first-order valence-electron chi connectivity index (χ1n) is 6.85. The summed E-state index contributed by atoms with van der Waals surface area (Å²) in [7, 11) is 1.43. The number of benzene rings is 1. The number of phenolic OH excluding ortho intramolecular Hbond substituents is 1. The van der Waals surface area contributed by atoms with Gasteiger partial charge in [0.1, 0.15) is 6.23 Å². The van der Waals surface area contributed by atoms with Gasteiger partial charge in [-0.2, -0.15) is 0 Å². The Morgan fingerprint density at radius 1 is 1.48 bits per heavy atom. The molecule has 1 aromatic carbocycles. The Hall–Kier alpha value is -2.21. The molecule has 3 N–H and O–H groups in total. The minimum Gasteiger partial charge on any atom is -0.504 e. The molecule has 0 saturated carbocycles. The van der Waals surface area contributed by atoms with Crippen molar-refractivity contribution in [1.29, 1.82) is 0 Å². The summed E-state index contributed by atoms with van der Waals surface area (Å²) >= 11 is 0. The number of allylic oxidation sites excluding steroid dienone is 1. The Bertz CT molecular complexity index is 626. The van der Waals surface area contributed by atoms with Crippen LogP contribution in [0.5, 0.6) is 11.5 Å². The zero-order valence-corrected chi connectivity index (χ0v) is 12.0. The molecule has 6 nitrogen and oxygen atoms in total. The van der Waals surface area contributed by atoms with Crippen LogP contribution in [0.15, 0.2) is 23.8 Å². The average Bonchev–Trinajstić information content (AvgIpc) is 2.87. The van der Waals surface area contributed by atoms with E-state index in [-0.39, 0.29) is 23.4 Å². The number of amides is 1. The highest BCUT2D eigenvalue weighted by Crippen LogP contribution is 2.38. The number of rotatable bonds is 1. The third-order valence-electron chi connectivity index (χ3n) is 4.13. The van der Waals surface area contributed by atoms with Gasteiger partial charge in [0, 0.05) is 12.6 Å². The fraction of sp³-hybridized carbons (Fsp3) is 0.400. The summed E-state index contributed by atoms with van der Waals surface area (Å²) in [4.78, 5) is 14.4. The Morgan fingerprint density at radius 2 is 2.24 bits per heavy atom. The van der Waals surface area contributed by atoms with Gasteiger partial charge in [0.25, 0.3) is 5.91 Å². The maximum Gasteiger partial charge on any atom is 0.256 e. The predicted molar refractivity (Wildman–Crippen MR) is 77.5 cm³/mol. The topological polar surface area (TPSA) is 82.0 Å². The molecule has 2 aliphatic heterocycles. The second kappa shape index (κ2) is 4.96. The fourth-order valence-corrected chi connectivity index (χ4v) is 2.93. The maximum absolute atomic E-state index is 12.7. The lowest BCUT2D eigenvalue weighted by atomic mass is 10.1. The molecule has 6 heteroatoms. The zero-order chi connectivity index (χ0) is 15.1. The van der Waals surface area contributed by atoms with E-state index in [1.165, 1.54) is 19.2 Å². The fourth-order valence-electron chi connectivity index (χ4n) is 2.93. The van der Waals surface area contributed by atoms with Gasteiger partial charge in [-0.1, -0.05) is 11.6 Å². The van der Waals surface area contributed by atoms with E-state index < -0.39 is 6.23 Å². The number of anilines is 1. The van der Waals surface area contributed by atoms with E-state index in [2.05, 4.69) is 5.32 Å². The van der Waals surface area contributed by atoms with E-state index >= 15 is 0 Å². The lowest BCUT2D eigenvalue weighted by Crippen LogP contribution is -2.43. The standard InChI is InChI=1S/C15H18N2O4/c1-3-8-4-11-14(19)16-10-6-12(18)13(21-2)5-9(10)15(20)17(11)7-8/h3,5-6,11,14,16,18-19H,4,7H2,1-2H3/b8-3+. The summed E-state index contributed by atoms with van der Waals surface area (Å²) in [6.07, 6.45) is 1.75. The van der Waals surface area contributed by atoms with Gasteiger partial charge in [0.2, 0.25) is 0 Å². The van der Waals surface area contributed by atoms with Crippen LogP contribution >= 0.6 is 0 Å². The second-order valence-electron chi connectivity index (χ2n) is 5.31. The van der Waals surface area contributed by atoms with Crippen molar-refractivity contribution in [3.8, 4) is 11.5 Å². The SMILES string of the molecule is C/C=C1\CC2C(O)Nc3cc(O)c(OC)cc3C(=O)N2C1. The van der Waals surface area contributed by atoms with Gasteiger partial charge in [0.05, 0.1) is 24.4 Å². The van der Waals surface area contributed by atoms with Gasteiger partial charge in [-0.3, -0.25) is 4.79 Å². The monoisotopic (exact) mass is 290 g/mol. The molecule has 0 radical (unpaired) electrons. The van der Waals surface area contributed by atoms with Crippen LogP contribution in [0.1, 0.15) is 23.7 Å². The van der Waals surface area contributed by atoms with Gasteiger partial charge in [-0.05, 0) is 19.4 Å². The maximum atomic E-state index is 12.7. The molecule has 3 rings (SSSR count). The Labute approximate surface area is 122 Å². The number of carbonyl (C=O) groups excluding carboxylic acids is 1. The normalized spacial score (nSPS) is 26.1. The molecule has 1 aromatic rings. The summed E-state index contributed by atoms with van der Waals surface area (Å²) in [5.74, 6) is -0.00329. The number of hydrogen-bond donors (Lipinski definition) is 3. The van der Waals surface area contributed by atoms with Crippen molar-refractivity contribution >= 4 is 11.6 Å². The molecule has 0 aromatic heterocycles. The number of fused-ring (bicyclic) bond motifs is 2. The zero-order valence-electron chi connectivity index (χ0n) is 12.0. The number of aliphatic hydroxyl groups is 1. The first-order valence-corrected chi connectivity index (χ1v) is 6.85. The number of carbonyl (C=O) groups is 1. The third kappa shape index (κ3) is 2.12. The number of aromatic hydroxyl groups is 1. The van der Waals surface area contributed by atoms with Crippen LogP contribution in [0.2, 0.25) is 0 Å². The van der Waals surface area contributed by atoms with E-state index in [4.69, 9.17) is 4.74 Å². The van der Waals surface area contributed by atoms with Crippen LogP contribution in [-0.2, 0) is 0 Å². The van der Waals surface area contributed by atoms with Crippen LogP contribution < -0.4 is 10.1 Å². The molecule has 0 spiro atoms. The highest BCUT2D eigenvalue weighted by atomic mass is 16.5. The van der Waals surface area contributed by atoms with Crippen LogP contribution in [-0.4, -0.2) is 46.9 Å².